The normalized spacial score (nSPS) is 40.5. The molecule has 3 heteroatoms. The summed E-state index contributed by atoms with van der Waals surface area (Å²) in [7, 11) is 0. The lowest BCUT2D eigenvalue weighted by atomic mass is 9.47. The minimum Gasteiger partial charge on any atom is -0.295 e. The molecule has 0 saturated heterocycles. The summed E-state index contributed by atoms with van der Waals surface area (Å²) in [4.78, 5) is 21.9. The fourth-order valence-electron chi connectivity index (χ4n) is 8.18. The summed E-state index contributed by atoms with van der Waals surface area (Å²) < 4.78 is 0. The maximum atomic E-state index is 12.1. The van der Waals surface area contributed by atoms with Crippen molar-refractivity contribution in [1.29, 1.82) is 0 Å². The van der Waals surface area contributed by atoms with Gasteiger partial charge in [-0.15, -0.1) is 0 Å². The number of hydrogen-bond acceptors (Lipinski definition) is 3. The van der Waals surface area contributed by atoms with Crippen molar-refractivity contribution in [3.63, 3.8) is 0 Å². The molecule has 4 aliphatic rings. The Kier molecular flexibility index (Phi) is 4.04. The summed E-state index contributed by atoms with van der Waals surface area (Å²) in [5, 5.41) is 0. The van der Waals surface area contributed by atoms with Crippen LogP contribution in [0, 0.1) is 28.6 Å². The first-order valence-electron chi connectivity index (χ1n) is 11.9. The van der Waals surface area contributed by atoms with Gasteiger partial charge in [-0.25, -0.2) is 4.98 Å². The van der Waals surface area contributed by atoms with Gasteiger partial charge in [-0.3, -0.25) is 9.78 Å². The molecule has 6 atom stereocenters. The van der Waals surface area contributed by atoms with E-state index in [1.54, 1.807) is 0 Å². The van der Waals surface area contributed by atoms with Crippen molar-refractivity contribution in [2.45, 2.75) is 71.1 Å². The Bertz CT molecular complexity index is 1060. The Hall–Kier alpha value is -2.03. The van der Waals surface area contributed by atoms with Crippen LogP contribution in [0.15, 0.2) is 42.1 Å². The monoisotopic (exact) mass is 400 g/mol. The number of benzene rings is 1. The molecule has 156 valence electrons. The van der Waals surface area contributed by atoms with Crippen LogP contribution in [0.2, 0.25) is 0 Å². The highest BCUT2D eigenvalue weighted by atomic mass is 16.1. The molecule has 0 aliphatic heterocycles. The number of carbonyl (C=O) groups excluding carboxylic acids is 1. The number of fused-ring (bicyclic) bond motifs is 6. The number of rotatable bonds is 1. The van der Waals surface area contributed by atoms with Gasteiger partial charge in [0.15, 0.2) is 5.78 Å². The van der Waals surface area contributed by atoms with Crippen LogP contribution < -0.4 is 0 Å². The van der Waals surface area contributed by atoms with Gasteiger partial charge in [0.2, 0.25) is 0 Å². The van der Waals surface area contributed by atoms with Crippen LogP contribution in [-0.4, -0.2) is 15.8 Å². The van der Waals surface area contributed by atoms with Crippen LogP contribution in [0.1, 0.15) is 76.8 Å². The van der Waals surface area contributed by atoms with E-state index in [1.165, 1.54) is 43.4 Å². The van der Waals surface area contributed by atoms with E-state index in [1.807, 2.05) is 12.1 Å². The van der Waals surface area contributed by atoms with Gasteiger partial charge in [0.1, 0.15) is 0 Å². The number of para-hydroxylation sites is 2. The molecule has 1 aromatic carbocycles. The number of hydrogen-bond donors (Lipinski definition) is 0. The van der Waals surface area contributed by atoms with E-state index in [0.717, 1.165) is 48.0 Å². The van der Waals surface area contributed by atoms with Crippen molar-refractivity contribution in [3.8, 4) is 0 Å². The van der Waals surface area contributed by atoms with Crippen molar-refractivity contribution in [3.05, 3.63) is 47.8 Å². The molecule has 6 rings (SSSR count). The average Bonchev–Trinajstić information content (AvgIpc) is 3.11. The second-order valence-corrected chi connectivity index (χ2v) is 10.9. The molecular weight excluding hydrogens is 368 g/mol. The molecule has 0 bridgehead atoms. The van der Waals surface area contributed by atoms with Crippen molar-refractivity contribution in [2.75, 3.05) is 0 Å². The lowest BCUT2D eigenvalue weighted by Gasteiger charge is -2.58. The van der Waals surface area contributed by atoms with Gasteiger partial charge in [0.05, 0.1) is 16.7 Å². The third-order valence-corrected chi connectivity index (χ3v) is 9.79. The number of carbonyl (C=O) groups is 1. The van der Waals surface area contributed by atoms with E-state index in [-0.39, 0.29) is 5.41 Å². The minimum absolute atomic E-state index is 0.263. The Morgan fingerprint density at radius 3 is 2.63 bits per heavy atom. The third kappa shape index (κ3) is 2.53. The highest BCUT2D eigenvalue weighted by Crippen LogP contribution is 2.68. The summed E-state index contributed by atoms with van der Waals surface area (Å²) in [5.74, 6) is 3.23. The maximum absolute atomic E-state index is 12.1. The van der Waals surface area contributed by atoms with E-state index < -0.39 is 0 Å². The quantitative estimate of drug-likeness (QED) is 0.568. The second-order valence-electron chi connectivity index (χ2n) is 10.9. The van der Waals surface area contributed by atoms with Crippen LogP contribution in [0.25, 0.3) is 11.0 Å². The lowest BCUT2D eigenvalue weighted by Crippen LogP contribution is -2.50. The fourth-order valence-corrected chi connectivity index (χ4v) is 8.18. The first-order valence-corrected chi connectivity index (χ1v) is 11.9. The Balaban J connectivity index is 1.33. The molecule has 3 fully saturated rings. The lowest BCUT2D eigenvalue weighted by molar-refractivity contribution is -0.117. The van der Waals surface area contributed by atoms with E-state index >= 15 is 0 Å². The zero-order valence-corrected chi connectivity index (χ0v) is 18.2. The van der Waals surface area contributed by atoms with Gasteiger partial charge in [0.25, 0.3) is 0 Å². The SMILES string of the molecule is C[C@]12CC[C@H]3[C@@H](CCC4=CC(=O)CC[C@@]43C)[C@@H]1CC[C@@H]2c1cnc2ccccc2n1. The predicted octanol–water partition coefficient (Wildman–Crippen LogP) is 6.25. The van der Waals surface area contributed by atoms with Crippen LogP contribution in [0.3, 0.4) is 0 Å². The molecule has 3 nitrogen and oxygen atoms in total. The Morgan fingerprint density at radius 1 is 0.933 bits per heavy atom. The summed E-state index contributed by atoms with van der Waals surface area (Å²) in [6, 6.07) is 8.25. The molecule has 0 amide bonds. The van der Waals surface area contributed by atoms with E-state index in [9.17, 15) is 4.79 Å². The van der Waals surface area contributed by atoms with Gasteiger partial charge in [-0.2, -0.15) is 0 Å². The zero-order valence-electron chi connectivity index (χ0n) is 18.2. The zero-order chi connectivity index (χ0) is 20.5. The minimum atomic E-state index is 0.263. The Morgan fingerprint density at radius 2 is 1.77 bits per heavy atom. The molecule has 2 aromatic rings. The number of nitrogens with zero attached hydrogens (tertiary/aromatic N) is 2. The van der Waals surface area contributed by atoms with Crippen LogP contribution in [-0.2, 0) is 4.79 Å². The number of ketones is 1. The summed E-state index contributed by atoms with van der Waals surface area (Å²) in [6.07, 6.45) is 13.5. The topological polar surface area (TPSA) is 42.9 Å². The predicted molar refractivity (Wildman–Crippen MR) is 119 cm³/mol. The number of aromatic nitrogens is 2. The molecule has 3 saturated carbocycles. The number of allylic oxidation sites excluding steroid dienone is 1. The Labute approximate surface area is 179 Å². The smallest absolute Gasteiger partial charge is 0.155 e. The summed E-state index contributed by atoms with van der Waals surface area (Å²) in [5.41, 5.74) is 5.31. The molecule has 30 heavy (non-hydrogen) atoms. The van der Waals surface area contributed by atoms with Crippen LogP contribution in [0.4, 0.5) is 0 Å². The molecule has 1 aromatic heterocycles. The maximum Gasteiger partial charge on any atom is 0.155 e. The largest absolute Gasteiger partial charge is 0.295 e. The summed E-state index contributed by atoms with van der Waals surface area (Å²) >= 11 is 0. The molecular formula is C27H32N2O. The van der Waals surface area contributed by atoms with Gasteiger partial charge in [0, 0.05) is 18.5 Å². The van der Waals surface area contributed by atoms with Crippen molar-refractivity contribution >= 4 is 16.8 Å². The standard InChI is InChI=1S/C27H32N2O/c1-26-13-11-18(30)15-17(26)7-8-19-20-9-10-22(27(20,2)14-12-21(19)26)25-16-28-23-5-3-4-6-24(23)29-25/h3-6,15-16,19-22H,7-14H2,1-2H3/t19-,20-,21-,22+,26-,27-/m0/s1. The highest BCUT2D eigenvalue weighted by Gasteiger charge is 2.59. The van der Waals surface area contributed by atoms with Gasteiger partial charge in [-0.05, 0) is 91.7 Å². The molecule has 0 spiro atoms. The van der Waals surface area contributed by atoms with Gasteiger partial charge >= 0.3 is 0 Å². The first kappa shape index (κ1) is 18.7. The molecule has 0 radical (unpaired) electrons. The van der Waals surface area contributed by atoms with Crippen LogP contribution in [0.5, 0.6) is 0 Å². The summed E-state index contributed by atoms with van der Waals surface area (Å²) in [6.45, 7) is 5.03. The highest BCUT2D eigenvalue weighted by molar-refractivity contribution is 5.91. The third-order valence-electron chi connectivity index (χ3n) is 9.79. The second kappa shape index (κ2) is 6.48. The van der Waals surface area contributed by atoms with Crippen molar-refractivity contribution < 1.29 is 4.79 Å². The molecule has 4 aliphatic carbocycles. The average molecular weight is 401 g/mol. The molecule has 1 heterocycles. The first-order chi connectivity index (χ1) is 14.5. The van der Waals surface area contributed by atoms with Crippen molar-refractivity contribution in [1.82, 2.24) is 9.97 Å². The van der Waals surface area contributed by atoms with E-state index in [2.05, 4.69) is 38.2 Å². The molecule has 0 N–H and O–H groups in total. The van der Waals surface area contributed by atoms with Gasteiger partial charge < -0.3 is 0 Å². The van der Waals surface area contributed by atoms with Gasteiger partial charge in [-0.1, -0.05) is 31.6 Å². The molecule has 0 unspecified atom stereocenters. The van der Waals surface area contributed by atoms with Crippen LogP contribution >= 0.6 is 0 Å². The van der Waals surface area contributed by atoms with Crippen molar-refractivity contribution in [2.24, 2.45) is 28.6 Å². The van der Waals surface area contributed by atoms with E-state index in [4.69, 9.17) is 9.97 Å². The fraction of sp³-hybridized carbons (Fsp3) is 0.593. The van der Waals surface area contributed by atoms with E-state index in [0.29, 0.717) is 17.1 Å².